The molecule has 0 amide bonds. The van der Waals surface area contributed by atoms with Crippen molar-refractivity contribution in [2.45, 2.75) is 84.8 Å². The van der Waals surface area contributed by atoms with E-state index in [1.54, 1.807) is 6.07 Å². The van der Waals surface area contributed by atoms with Crippen LogP contribution < -0.4 is 9.64 Å². The number of para-hydroxylation sites is 1. The molecule has 0 aliphatic carbocycles. The second-order valence-corrected chi connectivity index (χ2v) is 20.9. The van der Waals surface area contributed by atoms with Gasteiger partial charge in [-0.25, -0.2) is 0 Å². The summed E-state index contributed by atoms with van der Waals surface area (Å²) in [5.41, 5.74) is 4.56. The van der Waals surface area contributed by atoms with E-state index < -0.39 is 22.2 Å². The van der Waals surface area contributed by atoms with Crippen LogP contribution in [0.5, 0.6) is 5.75 Å². The van der Waals surface area contributed by atoms with Crippen molar-refractivity contribution in [3.05, 3.63) is 99.1 Å². The zero-order chi connectivity index (χ0) is 30.2. The number of hydrogen-bond acceptors (Lipinski definition) is 4. The van der Waals surface area contributed by atoms with Crippen LogP contribution in [0.2, 0.25) is 0 Å². The van der Waals surface area contributed by atoms with Gasteiger partial charge in [0.1, 0.15) is 0 Å². The Hall–Kier alpha value is -2.40. The van der Waals surface area contributed by atoms with E-state index in [0.717, 1.165) is 29.1 Å². The predicted molar refractivity (Wildman–Crippen MR) is 171 cm³/mol. The number of nitro groups is 1. The molecule has 222 valence electrons. The first kappa shape index (κ1) is 31.5. The van der Waals surface area contributed by atoms with Gasteiger partial charge in [0, 0.05) is 0 Å². The molecule has 1 aliphatic heterocycles. The average Bonchev–Trinajstić information content (AvgIpc) is 3.15. The summed E-state index contributed by atoms with van der Waals surface area (Å²) in [5, 5.41) is 11.7. The Morgan fingerprint density at radius 1 is 1.00 bits per heavy atom. The van der Waals surface area contributed by atoms with Crippen molar-refractivity contribution in [1.82, 2.24) is 0 Å². The van der Waals surface area contributed by atoms with Gasteiger partial charge in [0.05, 0.1) is 0 Å². The van der Waals surface area contributed by atoms with Crippen LogP contribution in [0.25, 0.3) is 0 Å². The summed E-state index contributed by atoms with van der Waals surface area (Å²) in [6.07, 6.45) is 2.42. The van der Waals surface area contributed by atoms with Crippen LogP contribution in [0, 0.1) is 10.1 Å². The van der Waals surface area contributed by atoms with Gasteiger partial charge in [-0.2, -0.15) is 0 Å². The molecule has 4 rings (SSSR count). The Morgan fingerprint density at radius 2 is 1.61 bits per heavy atom. The Labute approximate surface area is 254 Å². The van der Waals surface area contributed by atoms with E-state index in [1.807, 2.05) is 24.5 Å². The van der Waals surface area contributed by atoms with Gasteiger partial charge in [-0.15, -0.1) is 0 Å². The number of nitrogens with zero attached hydrogens (tertiary/aromatic N) is 2. The van der Waals surface area contributed by atoms with Crippen LogP contribution in [-0.4, -0.2) is 25.4 Å². The second kappa shape index (κ2) is 12.1. The summed E-state index contributed by atoms with van der Waals surface area (Å²) < 4.78 is 8.96. The van der Waals surface area contributed by atoms with E-state index in [4.69, 9.17) is 24.1 Å². The molecule has 1 heterocycles. The van der Waals surface area contributed by atoms with Crippen LogP contribution in [0.4, 0.5) is 11.4 Å². The van der Waals surface area contributed by atoms with Gasteiger partial charge in [-0.3, -0.25) is 0 Å². The molecule has 41 heavy (non-hydrogen) atoms. The topological polar surface area (TPSA) is 55.6 Å². The van der Waals surface area contributed by atoms with E-state index in [2.05, 4.69) is 82.0 Å². The standard InChI is InChI=1S/C23H29N.C10H11NO3.2ClH.Ru/c1-6-18-12-11-13-19(7-2)21(18)24-17-23(5,16-22(24,3)4)20-14-9-8-10-15-20;1-7(2)14-10-5-4-9(11(12)13)6-8(10)3;;;/h8-15H,6-7,16H2,1-5H3;3-7H,1-2H3;2*1H;/q;;;;+2/p-2. The zero-order valence-electron chi connectivity index (χ0n) is 24.9. The fourth-order valence-electron chi connectivity index (χ4n) is 6.09. The predicted octanol–water partition coefficient (Wildman–Crippen LogP) is 8.90. The molecule has 0 N–H and O–H groups in total. The molecule has 1 fully saturated rings. The first-order valence-electron chi connectivity index (χ1n) is 14.0. The summed E-state index contributed by atoms with van der Waals surface area (Å²) in [7, 11) is 15.4. The second-order valence-electron chi connectivity index (χ2n) is 11.6. The van der Waals surface area contributed by atoms with Crippen molar-refractivity contribution >= 4 is 39.6 Å². The van der Waals surface area contributed by atoms with Gasteiger partial charge in [0.15, 0.2) is 0 Å². The van der Waals surface area contributed by atoms with Crippen LogP contribution in [0.15, 0.2) is 66.7 Å². The van der Waals surface area contributed by atoms with Gasteiger partial charge in [0.25, 0.3) is 0 Å². The third-order valence-corrected chi connectivity index (χ3v) is 13.7. The van der Waals surface area contributed by atoms with E-state index >= 15 is 0 Å². The third-order valence-electron chi connectivity index (χ3n) is 7.65. The first-order chi connectivity index (χ1) is 19.2. The van der Waals surface area contributed by atoms with Gasteiger partial charge in [-0.05, 0) is 0 Å². The number of halogens is 2. The van der Waals surface area contributed by atoms with Gasteiger partial charge >= 0.3 is 256 Å². The fraction of sp³-hybridized carbons (Fsp3) is 0.394. The van der Waals surface area contributed by atoms with Crippen molar-refractivity contribution in [2.24, 2.45) is 0 Å². The number of anilines is 1. The normalized spacial score (nSPS) is 19.0. The summed E-state index contributed by atoms with van der Waals surface area (Å²) in [4.78, 5) is 13.8. The van der Waals surface area contributed by atoms with Crippen molar-refractivity contribution in [3.8, 4) is 5.75 Å². The summed E-state index contributed by atoms with van der Waals surface area (Å²) in [6, 6.07) is 21.6. The number of aryl methyl sites for hydroxylation is 2. The maximum atomic E-state index is 11.7. The molecule has 1 unspecified atom stereocenters. The molecule has 5 nitrogen and oxygen atoms in total. The Bertz CT molecular complexity index is 1550. The molecule has 3 aromatic carbocycles. The number of ether oxygens (including phenoxy) is 1. The number of nitro benzene ring substituents is 1. The summed E-state index contributed by atoms with van der Waals surface area (Å²) in [6.45, 7) is 15.0. The summed E-state index contributed by atoms with van der Waals surface area (Å²) >= 11 is -3.96. The molecule has 0 saturated carbocycles. The van der Waals surface area contributed by atoms with Crippen molar-refractivity contribution in [1.29, 1.82) is 0 Å². The van der Waals surface area contributed by atoms with Crippen LogP contribution >= 0.6 is 19.4 Å². The molecule has 1 aliphatic rings. The molecule has 0 bridgehead atoms. The molecule has 0 aromatic heterocycles. The molecule has 0 spiro atoms. The van der Waals surface area contributed by atoms with Crippen LogP contribution in [0.1, 0.15) is 77.1 Å². The molecular formula is C33H40Cl2N2O3Ru. The number of non-ortho nitro benzene ring substituents is 1. The molecule has 1 atom stereocenters. The quantitative estimate of drug-likeness (QED) is 0.135. The zero-order valence-corrected chi connectivity index (χ0v) is 28.1. The Morgan fingerprint density at radius 3 is 2.15 bits per heavy atom. The number of benzene rings is 3. The Balaban J connectivity index is 2.18. The Kier molecular flexibility index (Phi) is 9.29. The van der Waals surface area contributed by atoms with Crippen molar-refractivity contribution in [3.63, 3.8) is 0 Å². The SMILES string of the molecule is CCc1cccc(CC)c1N1[C](=[Ru]([Cl])([Cl])=[CH]c2cc([N+](=O)[O-])ccc2OC(C)C)C(C)(c2ccccc2)CC1(C)C. The summed E-state index contributed by atoms with van der Waals surface area (Å²) in [5.74, 6) is 0.534. The molecule has 3 aromatic rings. The van der Waals surface area contributed by atoms with E-state index in [9.17, 15) is 10.1 Å². The fourth-order valence-corrected chi connectivity index (χ4v) is 13.8. The molecular weight excluding hydrogens is 644 g/mol. The van der Waals surface area contributed by atoms with Gasteiger partial charge in [0.2, 0.25) is 0 Å². The molecule has 1 saturated heterocycles. The first-order valence-corrected chi connectivity index (χ1v) is 20.4. The van der Waals surface area contributed by atoms with E-state index in [0.29, 0.717) is 11.3 Å². The van der Waals surface area contributed by atoms with E-state index in [1.165, 1.54) is 28.9 Å². The van der Waals surface area contributed by atoms with Gasteiger partial charge in [-0.1, -0.05) is 0 Å². The molecule has 0 radical (unpaired) electrons. The van der Waals surface area contributed by atoms with Gasteiger partial charge < -0.3 is 0 Å². The van der Waals surface area contributed by atoms with Crippen LogP contribution in [0.3, 0.4) is 0 Å². The number of hydrogen-bond donors (Lipinski definition) is 0. The van der Waals surface area contributed by atoms with E-state index in [-0.39, 0.29) is 17.3 Å². The third kappa shape index (κ3) is 6.21. The van der Waals surface area contributed by atoms with Crippen molar-refractivity contribution in [2.75, 3.05) is 4.90 Å². The molecule has 8 heteroatoms. The minimum atomic E-state index is -3.96. The minimum absolute atomic E-state index is 0.0279. The maximum absolute atomic E-state index is 11.7. The average molecular weight is 685 g/mol. The monoisotopic (exact) mass is 684 g/mol. The van der Waals surface area contributed by atoms with Crippen LogP contribution in [-0.2, 0) is 30.1 Å². The van der Waals surface area contributed by atoms with Crippen molar-refractivity contribution < 1.29 is 21.6 Å². The number of rotatable bonds is 8.